The molecule has 5 nitrogen and oxygen atoms in total. The van der Waals surface area contributed by atoms with Crippen molar-refractivity contribution in [2.45, 2.75) is 48.5 Å². The maximum Gasteiger partial charge on any atom is 0.145 e. The normalized spacial score (nSPS) is 27.6. The Balaban J connectivity index is 1.31. The van der Waals surface area contributed by atoms with Gasteiger partial charge in [-0.1, -0.05) is 23.7 Å². The first-order valence-electron chi connectivity index (χ1n) is 11.2. The number of aliphatic hydroxyl groups excluding tert-OH is 1. The number of aromatic nitrogens is 1. The van der Waals surface area contributed by atoms with Crippen molar-refractivity contribution in [3.63, 3.8) is 0 Å². The van der Waals surface area contributed by atoms with Crippen molar-refractivity contribution in [3.05, 3.63) is 47.0 Å². The van der Waals surface area contributed by atoms with Gasteiger partial charge in [0.15, 0.2) is 0 Å². The summed E-state index contributed by atoms with van der Waals surface area (Å²) in [7, 11) is -1.13. The van der Waals surface area contributed by atoms with E-state index < -0.39 is 10.8 Å². The average Bonchev–Trinajstić information content (AvgIpc) is 3.30. The van der Waals surface area contributed by atoms with Crippen molar-refractivity contribution >= 4 is 34.0 Å². The summed E-state index contributed by atoms with van der Waals surface area (Å²) in [4.78, 5) is 8.00. The summed E-state index contributed by atoms with van der Waals surface area (Å²) in [5, 5.41) is 14.1. The van der Waals surface area contributed by atoms with Gasteiger partial charge in [0.1, 0.15) is 11.6 Å². The molecule has 1 aromatic heterocycles. The zero-order valence-electron chi connectivity index (χ0n) is 17.9. The van der Waals surface area contributed by atoms with Crippen LogP contribution < -0.4 is 10.2 Å². The van der Waals surface area contributed by atoms with E-state index >= 15 is 0 Å². The Hall–Kier alpha value is -1.63. The Morgan fingerprint density at radius 1 is 1.16 bits per heavy atom. The van der Waals surface area contributed by atoms with Crippen LogP contribution in [0.25, 0.3) is 0 Å². The fourth-order valence-electron chi connectivity index (χ4n) is 5.61. The number of nitrogens with one attached hydrogen (secondary N) is 1. The zero-order chi connectivity index (χ0) is 21.6. The molecule has 1 saturated heterocycles. The van der Waals surface area contributed by atoms with Crippen molar-refractivity contribution in [1.29, 1.82) is 0 Å². The van der Waals surface area contributed by atoms with Crippen molar-refractivity contribution in [2.75, 3.05) is 36.2 Å². The highest BCUT2D eigenvalue weighted by Crippen LogP contribution is 2.47. The molecule has 2 aliphatic carbocycles. The van der Waals surface area contributed by atoms with Crippen molar-refractivity contribution in [2.24, 2.45) is 11.8 Å². The third kappa shape index (κ3) is 4.10. The molecule has 1 aliphatic heterocycles. The minimum absolute atomic E-state index is 0.0780. The van der Waals surface area contributed by atoms with E-state index in [1.165, 1.54) is 18.4 Å². The smallest absolute Gasteiger partial charge is 0.145 e. The molecular formula is C24H30ClN3O2S. The first-order valence-corrected chi connectivity index (χ1v) is 13.1. The van der Waals surface area contributed by atoms with Crippen LogP contribution in [0, 0.1) is 11.8 Å². The molecule has 0 radical (unpaired) electrons. The van der Waals surface area contributed by atoms with Crippen molar-refractivity contribution in [3.8, 4) is 0 Å². The molecule has 3 fully saturated rings. The molecule has 31 heavy (non-hydrogen) atoms. The number of anilines is 2. The summed E-state index contributed by atoms with van der Waals surface area (Å²) < 4.78 is 12.3. The Bertz CT molecular complexity index is 960. The van der Waals surface area contributed by atoms with Gasteiger partial charge in [-0.2, -0.15) is 0 Å². The van der Waals surface area contributed by atoms with Crippen LogP contribution >= 0.6 is 11.6 Å². The number of aliphatic hydroxyl groups is 1. The Kier molecular flexibility index (Phi) is 5.74. The third-order valence-electron chi connectivity index (χ3n) is 7.57. The van der Waals surface area contributed by atoms with E-state index in [2.05, 4.69) is 22.3 Å². The summed E-state index contributed by atoms with van der Waals surface area (Å²) in [6.45, 7) is 2.11. The Labute approximate surface area is 191 Å². The first-order chi connectivity index (χ1) is 15.0. The van der Waals surface area contributed by atoms with E-state index in [9.17, 15) is 9.32 Å². The maximum absolute atomic E-state index is 12.3. The van der Waals surface area contributed by atoms with Crippen molar-refractivity contribution in [1.82, 2.24) is 4.98 Å². The standard InChI is InChI=1S/C24H30ClN3O2S/c1-31(30)21-7-8-22(26-23(21)27-24(15-29)9-2-10-24)28-13-18-11-17(12-19(18)14-28)16-3-5-20(25)6-4-16/h3-8,17-19,29H,2,9-15H2,1H3,(H,26,27)/t17?,18?,19?,31-/m1/s1. The Morgan fingerprint density at radius 3 is 2.39 bits per heavy atom. The van der Waals surface area contributed by atoms with Gasteiger partial charge in [-0.15, -0.1) is 0 Å². The van der Waals surface area contributed by atoms with Crippen LogP contribution in [0.2, 0.25) is 5.02 Å². The lowest BCUT2D eigenvalue weighted by Crippen LogP contribution is -2.48. The minimum atomic E-state index is -1.13. The number of halogens is 1. The summed E-state index contributed by atoms with van der Waals surface area (Å²) in [6, 6.07) is 12.3. The SMILES string of the molecule is C[S@@](=O)c1ccc(N2CC3CC(c4ccc(Cl)cc4)CC3C2)nc1NC1(CO)CCC1. The molecule has 2 heterocycles. The second-order valence-electron chi connectivity index (χ2n) is 9.53. The average molecular weight is 460 g/mol. The number of pyridine rings is 1. The highest BCUT2D eigenvalue weighted by atomic mass is 35.5. The van der Waals surface area contributed by atoms with Crippen LogP contribution in [-0.4, -0.2) is 45.8 Å². The maximum atomic E-state index is 12.3. The highest BCUT2D eigenvalue weighted by molar-refractivity contribution is 7.84. The molecule has 5 rings (SSSR count). The number of benzene rings is 1. The molecule has 0 amide bonds. The summed E-state index contributed by atoms with van der Waals surface area (Å²) in [5.41, 5.74) is 1.09. The number of fused-ring (bicyclic) bond motifs is 1. The number of nitrogens with zero attached hydrogens (tertiary/aromatic N) is 2. The van der Waals surface area contributed by atoms with Gasteiger partial charge in [-0.25, -0.2) is 4.98 Å². The topological polar surface area (TPSA) is 65.5 Å². The highest BCUT2D eigenvalue weighted by Gasteiger charge is 2.42. The molecule has 3 aliphatic rings. The molecular weight excluding hydrogens is 430 g/mol. The monoisotopic (exact) mass is 459 g/mol. The van der Waals surface area contributed by atoms with Crippen LogP contribution in [0.4, 0.5) is 11.6 Å². The molecule has 1 aromatic carbocycles. The van der Waals surface area contributed by atoms with Crippen LogP contribution in [0.15, 0.2) is 41.3 Å². The molecule has 0 spiro atoms. The molecule has 2 aromatic rings. The molecule has 166 valence electrons. The predicted molar refractivity (Wildman–Crippen MR) is 126 cm³/mol. The van der Waals surface area contributed by atoms with Crippen LogP contribution in [0.5, 0.6) is 0 Å². The van der Waals surface area contributed by atoms with Gasteiger partial charge in [0.05, 0.1) is 27.8 Å². The third-order valence-corrected chi connectivity index (χ3v) is 8.77. The van der Waals surface area contributed by atoms with E-state index in [1.807, 2.05) is 24.3 Å². The molecule has 0 bridgehead atoms. The van der Waals surface area contributed by atoms with E-state index in [0.717, 1.165) is 43.2 Å². The number of hydrogen-bond acceptors (Lipinski definition) is 5. The van der Waals surface area contributed by atoms with Gasteiger partial charge in [0.2, 0.25) is 0 Å². The quantitative estimate of drug-likeness (QED) is 0.669. The minimum Gasteiger partial charge on any atom is -0.394 e. The fraction of sp³-hybridized carbons (Fsp3) is 0.542. The van der Waals surface area contributed by atoms with Crippen LogP contribution in [-0.2, 0) is 10.8 Å². The summed E-state index contributed by atoms with van der Waals surface area (Å²) in [5.74, 6) is 3.58. The van der Waals surface area contributed by atoms with Gasteiger partial charge < -0.3 is 15.3 Å². The van der Waals surface area contributed by atoms with E-state index in [1.54, 1.807) is 6.26 Å². The molecule has 2 unspecified atom stereocenters. The number of rotatable bonds is 6. The van der Waals surface area contributed by atoms with Gasteiger partial charge in [-0.3, -0.25) is 4.21 Å². The molecule has 3 atom stereocenters. The van der Waals surface area contributed by atoms with Gasteiger partial charge in [0, 0.05) is 24.4 Å². The second-order valence-corrected chi connectivity index (χ2v) is 11.3. The lowest BCUT2D eigenvalue weighted by atomic mass is 9.77. The summed E-state index contributed by atoms with van der Waals surface area (Å²) >= 11 is 6.05. The molecule has 2 N–H and O–H groups in total. The predicted octanol–water partition coefficient (Wildman–Crippen LogP) is 4.43. The first kappa shape index (κ1) is 21.2. The Morgan fingerprint density at radius 2 is 1.84 bits per heavy atom. The van der Waals surface area contributed by atoms with E-state index in [-0.39, 0.29) is 12.1 Å². The number of hydrogen-bond donors (Lipinski definition) is 2. The molecule has 7 heteroatoms. The lowest BCUT2D eigenvalue weighted by molar-refractivity contribution is 0.143. The van der Waals surface area contributed by atoms with Crippen LogP contribution in [0.3, 0.4) is 0 Å². The van der Waals surface area contributed by atoms with E-state index in [4.69, 9.17) is 16.6 Å². The molecule has 2 saturated carbocycles. The second kappa shape index (κ2) is 8.38. The zero-order valence-corrected chi connectivity index (χ0v) is 19.5. The largest absolute Gasteiger partial charge is 0.394 e. The van der Waals surface area contributed by atoms with E-state index in [0.29, 0.717) is 28.5 Å². The van der Waals surface area contributed by atoms with Gasteiger partial charge in [0.25, 0.3) is 0 Å². The van der Waals surface area contributed by atoms with Crippen molar-refractivity contribution < 1.29 is 9.32 Å². The lowest BCUT2D eigenvalue weighted by Gasteiger charge is -2.41. The van der Waals surface area contributed by atoms with Crippen LogP contribution in [0.1, 0.15) is 43.6 Å². The summed E-state index contributed by atoms with van der Waals surface area (Å²) in [6.07, 6.45) is 7.04. The fourth-order valence-corrected chi connectivity index (χ4v) is 6.36. The van der Waals surface area contributed by atoms with Gasteiger partial charge in [-0.05, 0) is 79.7 Å². The van der Waals surface area contributed by atoms with Gasteiger partial charge >= 0.3 is 0 Å².